The third-order valence-corrected chi connectivity index (χ3v) is 3.60. The molecule has 0 aliphatic carbocycles. The lowest BCUT2D eigenvalue weighted by atomic mass is 10.1. The van der Waals surface area contributed by atoms with E-state index in [-0.39, 0.29) is 23.9 Å². The lowest BCUT2D eigenvalue weighted by Gasteiger charge is -2.15. The highest BCUT2D eigenvalue weighted by atomic mass is 16.6. The number of carbonyl (C=O) groups excluding carboxylic acids is 1. The zero-order valence-electron chi connectivity index (χ0n) is 16.3. The Morgan fingerprint density at radius 1 is 1.32 bits per heavy atom. The molecule has 1 aromatic carbocycles. The summed E-state index contributed by atoms with van der Waals surface area (Å²) in [5.74, 6) is -1.52. The van der Waals surface area contributed by atoms with Gasteiger partial charge < -0.3 is 25.2 Å². The molecular weight excluding hydrogens is 370 g/mol. The molecule has 0 fully saturated rings. The second-order valence-electron chi connectivity index (χ2n) is 6.24. The van der Waals surface area contributed by atoms with Crippen LogP contribution < -0.4 is 15.4 Å². The molecule has 1 rings (SSSR count). The third kappa shape index (κ3) is 8.31. The van der Waals surface area contributed by atoms with Crippen molar-refractivity contribution in [1.29, 1.82) is 0 Å². The van der Waals surface area contributed by atoms with Gasteiger partial charge in [0, 0.05) is 6.61 Å². The maximum Gasteiger partial charge on any atom is 0.321 e. The molecule has 0 aromatic heterocycles. The lowest BCUT2D eigenvalue weighted by molar-refractivity contribution is -0.384. The van der Waals surface area contributed by atoms with Crippen LogP contribution in [0.1, 0.15) is 33.6 Å². The number of benzene rings is 1. The number of carboxylic acid groups (broad SMARTS) is 1. The van der Waals surface area contributed by atoms with Crippen LogP contribution in [0.5, 0.6) is 5.75 Å². The molecule has 1 unspecified atom stereocenters. The molecule has 28 heavy (non-hydrogen) atoms. The van der Waals surface area contributed by atoms with Gasteiger partial charge in [-0.1, -0.05) is 0 Å². The number of aliphatic carboxylic acids is 1. The van der Waals surface area contributed by atoms with Gasteiger partial charge in [0.25, 0.3) is 5.69 Å². The van der Waals surface area contributed by atoms with Gasteiger partial charge in [-0.25, -0.2) is 0 Å². The fourth-order valence-electron chi connectivity index (χ4n) is 2.33. The molecule has 1 aromatic rings. The standard InChI is InChI=1S/C18H27N3O7/c1-4-27-13-6-7-14(16(10-13)21(25)26)20-17(22)11-15(18(23)24)19-8-5-9-28-12(2)3/h6-7,10,12,15,19H,4-5,8-9,11H2,1-3H3,(H,20,22)(H,23,24). The molecule has 0 saturated heterocycles. The van der Waals surface area contributed by atoms with E-state index in [0.717, 1.165) is 0 Å². The number of ether oxygens (including phenoxy) is 2. The zero-order valence-corrected chi connectivity index (χ0v) is 16.3. The van der Waals surface area contributed by atoms with Crippen LogP contribution in [0.2, 0.25) is 0 Å². The van der Waals surface area contributed by atoms with Gasteiger partial charge >= 0.3 is 5.97 Å². The SMILES string of the molecule is CCOc1ccc(NC(=O)CC(NCCCOC(C)C)C(=O)O)c([N+](=O)[O-])c1. The summed E-state index contributed by atoms with van der Waals surface area (Å²) in [6.45, 7) is 6.73. The zero-order chi connectivity index (χ0) is 21.1. The van der Waals surface area contributed by atoms with Crippen LogP contribution in [0.3, 0.4) is 0 Å². The largest absolute Gasteiger partial charge is 0.494 e. The Bertz CT molecular complexity index is 679. The third-order valence-electron chi connectivity index (χ3n) is 3.60. The summed E-state index contributed by atoms with van der Waals surface area (Å²) in [4.78, 5) is 34.1. The molecule has 0 heterocycles. The van der Waals surface area contributed by atoms with Crippen molar-refractivity contribution in [3.63, 3.8) is 0 Å². The Labute approximate surface area is 163 Å². The average molecular weight is 397 g/mol. The highest BCUT2D eigenvalue weighted by Gasteiger charge is 2.23. The van der Waals surface area contributed by atoms with Gasteiger partial charge in [-0.2, -0.15) is 0 Å². The van der Waals surface area contributed by atoms with Crippen LogP contribution >= 0.6 is 0 Å². The van der Waals surface area contributed by atoms with Gasteiger partial charge in [0.15, 0.2) is 0 Å². The minimum atomic E-state index is -1.18. The van der Waals surface area contributed by atoms with E-state index in [1.165, 1.54) is 18.2 Å². The Hall–Kier alpha value is -2.72. The number of hydrogen-bond acceptors (Lipinski definition) is 7. The van der Waals surface area contributed by atoms with Crippen molar-refractivity contribution < 1.29 is 29.1 Å². The van der Waals surface area contributed by atoms with Crippen LogP contribution in [-0.2, 0) is 14.3 Å². The Balaban J connectivity index is 2.67. The van der Waals surface area contributed by atoms with Crippen LogP contribution in [0.15, 0.2) is 18.2 Å². The first kappa shape index (κ1) is 23.3. The van der Waals surface area contributed by atoms with E-state index in [1.807, 2.05) is 13.8 Å². The van der Waals surface area contributed by atoms with E-state index in [0.29, 0.717) is 31.9 Å². The monoisotopic (exact) mass is 397 g/mol. The van der Waals surface area contributed by atoms with Gasteiger partial charge in [-0.15, -0.1) is 0 Å². The molecule has 0 aliphatic heterocycles. The minimum Gasteiger partial charge on any atom is -0.494 e. The fourth-order valence-corrected chi connectivity index (χ4v) is 2.33. The van der Waals surface area contributed by atoms with Gasteiger partial charge in [-0.05, 0) is 45.9 Å². The number of amides is 1. The minimum absolute atomic E-state index is 0.0204. The van der Waals surface area contributed by atoms with E-state index in [2.05, 4.69) is 10.6 Å². The molecule has 10 nitrogen and oxygen atoms in total. The van der Waals surface area contributed by atoms with E-state index >= 15 is 0 Å². The first-order chi connectivity index (χ1) is 13.2. The maximum absolute atomic E-state index is 12.2. The number of carboxylic acids is 1. The van der Waals surface area contributed by atoms with Crippen molar-refractivity contribution in [2.24, 2.45) is 0 Å². The van der Waals surface area contributed by atoms with Crippen LogP contribution in [0.25, 0.3) is 0 Å². The molecule has 10 heteroatoms. The van der Waals surface area contributed by atoms with Crippen molar-refractivity contribution in [2.75, 3.05) is 25.1 Å². The first-order valence-electron chi connectivity index (χ1n) is 9.03. The van der Waals surface area contributed by atoms with Gasteiger partial charge in [0.05, 0.1) is 30.1 Å². The number of rotatable bonds is 13. The van der Waals surface area contributed by atoms with E-state index in [4.69, 9.17) is 9.47 Å². The summed E-state index contributed by atoms with van der Waals surface area (Å²) in [6.07, 6.45) is 0.310. The molecule has 156 valence electrons. The van der Waals surface area contributed by atoms with E-state index < -0.39 is 22.8 Å². The van der Waals surface area contributed by atoms with Crippen molar-refractivity contribution in [3.8, 4) is 5.75 Å². The summed E-state index contributed by atoms with van der Waals surface area (Å²) < 4.78 is 10.6. The Morgan fingerprint density at radius 2 is 2.04 bits per heavy atom. The summed E-state index contributed by atoms with van der Waals surface area (Å²) in [5, 5.41) is 25.7. The molecule has 0 aliphatic rings. The van der Waals surface area contributed by atoms with Crippen LogP contribution in [0.4, 0.5) is 11.4 Å². The summed E-state index contributed by atoms with van der Waals surface area (Å²) in [7, 11) is 0. The van der Waals surface area contributed by atoms with E-state index in [9.17, 15) is 24.8 Å². The smallest absolute Gasteiger partial charge is 0.321 e. The van der Waals surface area contributed by atoms with Crippen LogP contribution in [0, 0.1) is 10.1 Å². The number of nitro groups is 1. The number of carbonyl (C=O) groups is 2. The highest BCUT2D eigenvalue weighted by Crippen LogP contribution is 2.29. The van der Waals surface area contributed by atoms with E-state index in [1.54, 1.807) is 6.92 Å². The van der Waals surface area contributed by atoms with Gasteiger partial charge in [-0.3, -0.25) is 19.7 Å². The number of nitro benzene ring substituents is 1. The quantitative estimate of drug-likeness (QED) is 0.261. The maximum atomic E-state index is 12.2. The molecule has 0 saturated carbocycles. The summed E-state index contributed by atoms with van der Waals surface area (Å²) in [6, 6.07) is 2.95. The second kappa shape index (κ2) is 11.9. The molecule has 0 spiro atoms. The predicted molar refractivity (Wildman–Crippen MR) is 103 cm³/mol. The number of nitrogens with one attached hydrogen (secondary N) is 2. The predicted octanol–water partition coefficient (Wildman–Crippen LogP) is 2.18. The summed E-state index contributed by atoms with van der Waals surface area (Å²) >= 11 is 0. The number of anilines is 1. The molecular formula is C18H27N3O7. The van der Waals surface area contributed by atoms with Crippen LogP contribution in [-0.4, -0.2) is 53.8 Å². The number of nitrogens with zero attached hydrogens (tertiary/aromatic N) is 1. The molecule has 1 atom stereocenters. The summed E-state index contributed by atoms with van der Waals surface area (Å²) in [5.41, 5.74) is -0.349. The topological polar surface area (TPSA) is 140 Å². The highest BCUT2D eigenvalue weighted by molar-refractivity contribution is 5.95. The van der Waals surface area contributed by atoms with Crippen molar-refractivity contribution in [2.45, 2.75) is 45.8 Å². The van der Waals surface area contributed by atoms with Gasteiger partial charge in [0.1, 0.15) is 17.5 Å². The van der Waals surface area contributed by atoms with Crippen molar-refractivity contribution in [3.05, 3.63) is 28.3 Å². The Kier molecular flexibility index (Phi) is 9.89. The molecule has 3 N–H and O–H groups in total. The molecule has 0 radical (unpaired) electrons. The molecule has 0 bridgehead atoms. The average Bonchev–Trinajstić information content (AvgIpc) is 2.61. The van der Waals surface area contributed by atoms with Crippen molar-refractivity contribution in [1.82, 2.24) is 5.32 Å². The second-order valence-corrected chi connectivity index (χ2v) is 6.24. The van der Waals surface area contributed by atoms with Crippen molar-refractivity contribution >= 4 is 23.3 Å². The fraction of sp³-hybridized carbons (Fsp3) is 0.556. The number of hydrogen-bond donors (Lipinski definition) is 3. The van der Waals surface area contributed by atoms with Gasteiger partial charge in [0.2, 0.25) is 5.91 Å². The normalized spacial score (nSPS) is 11.9. The Morgan fingerprint density at radius 3 is 2.61 bits per heavy atom. The first-order valence-corrected chi connectivity index (χ1v) is 9.03. The molecule has 1 amide bonds. The lowest BCUT2D eigenvalue weighted by Crippen LogP contribution is -2.40.